The zero-order valence-corrected chi connectivity index (χ0v) is 14.5. The molecule has 0 atom stereocenters. The number of aromatic nitrogens is 1. The molecule has 8 heteroatoms. The van der Waals surface area contributed by atoms with Crippen LogP contribution in [-0.4, -0.2) is 26.7 Å². The SMILES string of the molecule is COCCn1/c(=N/S(=O)(=O)c2ccccc2)sc2cc(F)ccc21. The summed E-state index contributed by atoms with van der Waals surface area (Å²) in [5, 5.41) is 0. The van der Waals surface area contributed by atoms with E-state index in [0.29, 0.717) is 17.9 Å². The predicted octanol–water partition coefficient (Wildman–Crippen LogP) is 2.78. The molecule has 0 aliphatic heterocycles. The van der Waals surface area contributed by atoms with Gasteiger partial charge in [-0.15, -0.1) is 4.40 Å². The summed E-state index contributed by atoms with van der Waals surface area (Å²) < 4.78 is 49.8. The lowest BCUT2D eigenvalue weighted by Gasteiger charge is -2.04. The van der Waals surface area contributed by atoms with Crippen molar-refractivity contribution in [2.45, 2.75) is 11.4 Å². The Morgan fingerprint density at radius 3 is 2.67 bits per heavy atom. The van der Waals surface area contributed by atoms with Gasteiger partial charge in [-0.05, 0) is 30.3 Å². The van der Waals surface area contributed by atoms with E-state index in [2.05, 4.69) is 4.40 Å². The maximum atomic E-state index is 13.5. The molecule has 0 amide bonds. The second kappa shape index (κ2) is 6.84. The molecule has 5 nitrogen and oxygen atoms in total. The summed E-state index contributed by atoms with van der Waals surface area (Å²) in [7, 11) is -2.28. The van der Waals surface area contributed by atoms with E-state index >= 15 is 0 Å². The molecule has 24 heavy (non-hydrogen) atoms. The van der Waals surface area contributed by atoms with Crippen LogP contribution in [0, 0.1) is 5.82 Å². The third kappa shape index (κ3) is 3.40. The second-order valence-corrected chi connectivity index (χ2v) is 7.63. The first-order valence-electron chi connectivity index (χ1n) is 7.15. The van der Waals surface area contributed by atoms with E-state index in [1.165, 1.54) is 24.3 Å². The lowest BCUT2D eigenvalue weighted by atomic mass is 10.3. The van der Waals surface area contributed by atoms with Crippen molar-refractivity contribution in [3.63, 3.8) is 0 Å². The van der Waals surface area contributed by atoms with Gasteiger partial charge < -0.3 is 9.30 Å². The average molecular weight is 366 g/mol. The van der Waals surface area contributed by atoms with E-state index in [9.17, 15) is 12.8 Å². The van der Waals surface area contributed by atoms with Gasteiger partial charge in [0.05, 0.1) is 21.7 Å². The van der Waals surface area contributed by atoms with Crippen LogP contribution in [0.1, 0.15) is 0 Å². The lowest BCUT2D eigenvalue weighted by Crippen LogP contribution is -2.19. The van der Waals surface area contributed by atoms with Gasteiger partial charge in [-0.2, -0.15) is 8.42 Å². The third-order valence-corrected chi connectivity index (χ3v) is 5.84. The minimum Gasteiger partial charge on any atom is -0.383 e. The first kappa shape index (κ1) is 16.8. The van der Waals surface area contributed by atoms with Crippen molar-refractivity contribution in [3.8, 4) is 0 Å². The van der Waals surface area contributed by atoms with Crippen molar-refractivity contribution in [1.82, 2.24) is 4.57 Å². The maximum absolute atomic E-state index is 13.5. The summed E-state index contributed by atoms with van der Waals surface area (Å²) in [5.74, 6) is -0.375. The van der Waals surface area contributed by atoms with E-state index in [1.807, 2.05) is 0 Å². The largest absolute Gasteiger partial charge is 0.383 e. The predicted molar refractivity (Wildman–Crippen MR) is 90.8 cm³/mol. The molecule has 126 valence electrons. The number of halogens is 1. The zero-order valence-electron chi connectivity index (χ0n) is 12.8. The van der Waals surface area contributed by atoms with Crippen LogP contribution >= 0.6 is 11.3 Å². The van der Waals surface area contributed by atoms with Crippen molar-refractivity contribution in [3.05, 3.63) is 59.1 Å². The summed E-state index contributed by atoms with van der Waals surface area (Å²) in [4.78, 5) is 0.406. The molecule has 2 aromatic carbocycles. The Labute approximate surface area is 142 Å². The molecule has 3 aromatic rings. The summed E-state index contributed by atoms with van der Waals surface area (Å²) in [5.41, 5.74) is 0.723. The molecule has 1 heterocycles. The minimum absolute atomic E-state index is 0.118. The summed E-state index contributed by atoms with van der Waals surface area (Å²) in [6.45, 7) is 0.813. The van der Waals surface area contributed by atoms with E-state index in [0.717, 1.165) is 16.9 Å². The monoisotopic (exact) mass is 366 g/mol. The molecule has 0 bridgehead atoms. The standard InChI is InChI=1S/C16H15FN2O3S2/c1-22-10-9-19-14-8-7-12(17)11-15(14)23-16(19)18-24(20,21)13-5-3-2-4-6-13/h2-8,11H,9-10H2,1H3/b18-16-. The van der Waals surface area contributed by atoms with Crippen LogP contribution in [0.3, 0.4) is 0 Å². The minimum atomic E-state index is -3.84. The number of ether oxygens (including phenoxy) is 1. The third-order valence-electron chi connectivity index (χ3n) is 3.40. The number of thiazole rings is 1. The highest BCUT2D eigenvalue weighted by Gasteiger charge is 2.14. The van der Waals surface area contributed by atoms with Gasteiger partial charge >= 0.3 is 0 Å². The number of benzene rings is 2. The van der Waals surface area contributed by atoms with Crippen molar-refractivity contribution >= 4 is 31.6 Å². The van der Waals surface area contributed by atoms with Gasteiger partial charge in [0.1, 0.15) is 5.82 Å². The van der Waals surface area contributed by atoms with Gasteiger partial charge in [-0.1, -0.05) is 29.5 Å². The number of methoxy groups -OCH3 is 1. The van der Waals surface area contributed by atoms with Crippen molar-refractivity contribution in [2.75, 3.05) is 13.7 Å². The van der Waals surface area contributed by atoms with Crippen LogP contribution < -0.4 is 4.80 Å². The molecule has 1 aromatic heterocycles. The molecule has 0 saturated heterocycles. The first-order valence-corrected chi connectivity index (χ1v) is 9.41. The van der Waals surface area contributed by atoms with E-state index in [1.54, 1.807) is 35.9 Å². The van der Waals surface area contributed by atoms with Crippen LogP contribution in [0.2, 0.25) is 0 Å². The smallest absolute Gasteiger partial charge is 0.285 e. The molecular weight excluding hydrogens is 351 g/mol. The highest BCUT2D eigenvalue weighted by molar-refractivity contribution is 7.90. The Morgan fingerprint density at radius 2 is 1.96 bits per heavy atom. The van der Waals surface area contributed by atoms with Gasteiger partial charge in [0.25, 0.3) is 10.0 Å². The fourth-order valence-corrected chi connectivity index (χ4v) is 4.57. The normalized spacial score (nSPS) is 12.8. The maximum Gasteiger partial charge on any atom is 0.285 e. The van der Waals surface area contributed by atoms with Crippen molar-refractivity contribution in [2.24, 2.45) is 4.40 Å². The van der Waals surface area contributed by atoms with E-state index < -0.39 is 10.0 Å². The Morgan fingerprint density at radius 1 is 1.21 bits per heavy atom. The van der Waals surface area contributed by atoms with Crippen LogP contribution in [0.15, 0.2) is 57.8 Å². The fourth-order valence-electron chi connectivity index (χ4n) is 2.26. The molecule has 0 aliphatic rings. The van der Waals surface area contributed by atoms with Gasteiger partial charge in [0.2, 0.25) is 4.80 Å². The zero-order chi connectivity index (χ0) is 17.2. The quantitative estimate of drug-likeness (QED) is 0.698. The van der Waals surface area contributed by atoms with E-state index in [-0.39, 0.29) is 15.5 Å². The number of hydrogen-bond acceptors (Lipinski definition) is 4. The second-order valence-electron chi connectivity index (χ2n) is 5.02. The van der Waals surface area contributed by atoms with Crippen LogP contribution in [0.4, 0.5) is 4.39 Å². The summed E-state index contributed by atoms with van der Waals surface area (Å²) in [6, 6.07) is 12.3. The van der Waals surface area contributed by atoms with Crippen molar-refractivity contribution < 1.29 is 17.5 Å². The Hall–Kier alpha value is -2.03. The Balaban J connectivity index is 2.21. The van der Waals surface area contributed by atoms with Gasteiger partial charge in [-0.3, -0.25) is 0 Å². The van der Waals surface area contributed by atoms with E-state index in [4.69, 9.17) is 4.74 Å². The Bertz CT molecular complexity index is 1020. The Kier molecular flexibility index (Phi) is 4.79. The highest BCUT2D eigenvalue weighted by Crippen LogP contribution is 2.19. The highest BCUT2D eigenvalue weighted by atomic mass is 32.2. The molecule has 0 fully saturated rings. The number of fused-ring (bicyclic) bond motifs is 1. The lowest BCUT2D eigenvalue weighted by molar-refractivity contribution is 0.187. The van der Waals surface area contributed by atoms with Crippen LogP contribution in [-0.2, 0) is 21.3 Å². The van der Waals surface area contributed by atoms with Crippen LogP contribution in [0.25, 0.3) is 10.2 Å². The number of sulfonamides is 1. The van der Waals surface area contributed by atoms with Crippen molar-refractivity contribution in [1.29, 1.82) is 0 Å². The van der Waals surface area contributed by atoms with Gasteiger partial charge in [0.15, 0.2) is 0 Å². The van der Waals surface area contributed by atoms with Gasteiger partial charge in [-0.25, -0.2) is 4.39 Å². The molecule has 0 saturated carbocycles. The summed E-state index contributed by atoms with van der Waals surface area (Å²) in [6.07, 6.45) is 0. The molecule has 0 N–H and O–H groups in total. The number of rotatable bonds is 5. The van der Waals surface area contributed by atoms with Gasteiger partial charge in [0, 0.05) is 13.7 Å². The topological polar surface area (TPSA) is 60.7 Å². The summed E-state index contributed by atoms with van der Waals surface area (Å²) >= 11 is 1.13. The molecule has 0 radical (unpaired) electrons. The molecule has 0 unspecified atom stereocenters. The number of nitrogens with zero attached hydrogens (tertiary/aromatic N) is 2. The molecule has 0 spiro atoms. The fraction of sp³-hybridized carbons (Fsp3) is 0.188. The molecular formula is C16H15FN2O3S2. The first-order chi connectivity index (χ1) is 11.5. The molecule has 3 rings (SSSR count). The van der Waals surface area contributed by atoms with Crippen LogP contribution in [0.5, 0.6) is 0 Å². The molecule has 0 aliphatic carbocycles. The average Bonchev–Trinajstić information content (AvgIpc) is 2.89. The number of hydrogen-bond donors (Lipinski definition) is 0.